The van der Waals surface area contributed by atoms with Gasteiger partial charge in [0.25, 0.3) is 5.91 Å². The number of carbonyl (C=O) groups is 1. The number of ether oxygens (including phenoxy) is 1. The van der Waals surface area contributed by atoms with Crippen LogP contribution in [0.15, 0.2) is 42.5 Å². The van der Waals surface area contributed by atoms with E-state index in [1.54, 1.807) is 24.6 Å². The average molecular weight is 372 g/mol. The Kier molecular flexibility index (Phi) is 5.16. The molecule has 0 saturated heterocycles. The normalized spacial score (nSPS) is 10.9. The monoisotopic (exact) mass is 372 g/mol. The summed E-state index contributed by atoms with van der Waals surface area (Å²) in [5.74, 6) is -0.481. The Hall–Kier alpha value is -3.29. The van der Waals surface area contributed by atoms with Gasteiger partial charge in [0.1, 0.15) is 5.75 Å². The molecule has 3 aromatic rings. The smallest absolute Gasteiger partial charge is 0.387 e. The Labute approximate surface area is 154 Å². The number of rotatable bonds is 5. The molecule has 2 aromatic carbocycles. The largest absolute Gasteiger partial charge is 0.434 e. The molecule has 0 spiro atoms. The average Bonchev–Trinajstić information content (AvgIpc) is 3.00. The third kappa shape index (κ3) is 3.94. The third-order valence-electron chi connectivity index (χ3n) is 4.14. The maximum absolute atomic E-state index is 12.6. The molecule has 1 heterocycles. The maximum atomic E-state index is 12.6. The van der Waals surface area contributed by atoms with Crippen LogP contribution in [0.1, 0.15) is 27.3 Å². The molecule has 0 fully saturated rings. The zero-order valence-corrected chi connectivity index (χ0v) is 15.0. The van der Waals surface area contributed by atoms with Gasteiger partial charge in [0.2, 0.25) is 0 Å². The minimum atomic E-state index is -2.94. The van der Waals surface area contributed by atoms with Gasteiger partial charge in [-0.15, -0.1) is 5.10 Å². The lowest BCUT2D eigenvalue weighted by Gasteiger charge is -2.12. The predicted octanol–water partition coefficient (Wildman–Crippen LogP) is 4.05. The lowest BCUT2D eigenvalue weighted by atomic mass is 10.1. The lowest BCUT2D eigenvalue weighted by Crippen LogP contribution is -2.15. The highest BCUT2D eigenvalue weighted by atomic mass is 19.3. The number of amides is 1. The van der Waals surface area contributed by atoms with Crippen LogP contribution in [0.4, 0.5) is 14.5 Å². The second-order valence-electron chi connectivity index (χ2n) is 6.03. The molecule has 3 rings (SSSR count). The molecule has 0 unspecified atom stereocenters. The fourth-order valence-corrected chi connectivity index (χ4v) is 2.63. The summed E-state index contributed by atoms with van der Waals surface area (Å²) in [5, 5.41) is 10.7. The number of aryl methyl sites for hydroxylation is 1. The Morgan fingerprint density at radius 3 is 2.48 bits per heavy atom. The van der Waals surface area contributed by atoms with Gasteiger partial charge in [-0.3, -0.25) is 4.79 Å². The van der Waals surface area contributed by atoms with Gasteiger partial charge in [-0.1, -0.05) is 29.0 Å². The minimum Gasteiger partial charge on any atom is -0.434 e. The van der Waals surface area contributed by atoms with Crippen molar-refractivity contribution in [3.63, 3.8) is 0 Å². The highest BCUT2D eigenvalue weighted by Crippen LogP contribution is 2.27. The molecular formula is C19H18F2N4O2. The Morgan fingerprint density at radius 1 is 1.11 bits per heavy atom. The lowest BCUT2D eigenvalue weighted by molar-refractivity contribution is -0.0502. The Morgan fingerprint density at radius 2 is 1.81 bits per heavy atom. The summed E-state index contributed by atoms with van der Waals surface area (Å²) >= 11 is 0. The van der Waals surface area contributed by atoms with Gasteiger partial charge in [0.05, 0.1) is 11.4 Å². The molecule has 0 saturated carbocycles. The van der Waals surface area contributed by atoms with Crippen molar-refractivity contribution < 1.29 is 18.3 Å². The fourth-order valence-electron chi connectivity index (χ4n) is 2.63. The number of carbonyl (C=O) groups excluding carboxylic acids is 1. The van der Waals surface area contributed by atoms with Crippen molar-refractivity contribution in [2.75, 3.05) is 5.32 Å². The molecule has 0 aliphatic rings. The first kappa shape index (κ1) is 18.5. The molecule has 0 radical (unpaired) electrons. The topological polar surface area (TPSA) is 69.0 Å². The van der Waals surface area contributed by atoms with Crippen molar-refractivity contribution in [3.05, 3.63) is 65.0 Å². The number of hydrogen-bond donors (Lipinski definition) is 1. The van der Waals surface area contributed by atoms with E-state index in [4.69, 9.17) is 0 Å². The number of aromatic nitrogens is 3. The van der Waals surface area contributed by atoms with Crippen LogP contribution in [0.2, 0.25) is 0 Å². The van der Waals surface area contributed by atoms with Crippen LogP contribution in [-0.4, -0.2) is 27.5 Å². The van der Waals surface area contributed by atoms with Crippen molar-refractivity contribution in [1.29, 1.82) is 0 Å². The Bertz CT molecular complexity index is 968. The molecule has 140 valence electrons. The van der Waals surface area contributed by atoms with Crippen LogP contribution in [0, 0.1) is 20.8 Å². The molecule has 0 aliphatic carbocycles. The number of hydrogen-bond acceptors (Lipinski definition) is 4. The third-order valence-corrected chi connectivity index (χ3v) is 4.14. The van der Waals surface area contributed by atoms with Crippen LogP contribution in [0.25, 0.3) is 5.69 Å². The van der Waals surface area contributed by atoms with Gasteiger partial charge in [0, 0.05) is 11.3 Å². The van der Waals surface area contributed by atoms with E-state index in [0.29, 0.717) is 16.9 Å². The molecule has 6 nitrogen and oxygen atoms in total. The van der Waals surface area contributed by atoms with Crippen molar-refractivity contribution in [2.45, 2.75) is 27.4 Å². The Balaban J connectivity index is 1.85. The molecule has 0 bridgehead atoms. The van der Waals surface area contributed by atoms with Gasteiger partial charge in [0.15, 0.2) is 5.69 Å². The molecule has 1 N–H and O–H groups in total. The molecule has 1 aromatic heterocycles. The van der Waals surface area contributed by atoms with E-state index in [9.17, 15) is 13.6 Å². The molecule has 1 amide bonds. The summed E-state index contributed by atoms with van der Waals surface area (Å²) in [6, 6.07) is 12.2. The van der Waals surface area contributed by atoms with Gasteiger partial charge < -0.3 is 10.1 Å². The quantitative estimate of drug-likeness (QED) is 0.734. The van der Waals surface area contributed by atoms with E-state index in [0.717, 1.165) is 11.3 Å². The van der Waals surface area contributed by atoms with Crippen LogP contribution >= 0.6 is 0 Å². The van der Waals surface area contributed by atoms with Crippen molar-refractivity contribution >= 4 is 11.6 Å². The first-order valence-corrected chi connectivity index (χ1v) is 8.22. The molecular weight excluding hydrogens is 354 g/mol. The van der Waals surface area contributed by atoms with Crippen LogP contribution in [0.3, 0.4) is 0 Å². The molecule has 0 aliphatic heterocycles. The zero-order chi connectivity index (χ0) is 19.6. The first-order chi connectivity index (χ1) is 12.9. The van der Waals surface area contributed by atoms with E-state index in [1.807, 2.05) is 31.2 Å². The van der Waals surface area contributed by atoms with Crippen LogP contribution in [-0.2, 0) is 0 Å². The number of alkyl halides is 2. The van der Waals surface area contributed by atoms with Crippen LogP contribution in [0.5, 0.6) is 5.75 Å². The number of benzene rings is 2. The van der Waals surface area contributed by atoms with E-state index in [1.165, 1.54) is 12.1 Å². The number of halogens is 2. The SMILES string of the molecule is Cc1ccc(-n2nnc(C(=O)Nc3cccc(OC(F)F)c3C)c2C)cc1. The second-order valence-corrected chi connectivity index (χ2v) is 6.03. The highest BCUT2D eigenvalue weighted by Gasteiger charge is 2.19. The molecule has 8 heteroatoms. The molecule has 0 atom stereocenters. The molecule has 27 heavy (non-hydrogen) atoms. The first-order valence-electron chi connectivity index (χ1n) is 8.22. The summed E-state index contributed by atoms with van der Waals surface area (Å²) in [5.41, 5.74) is 3.37. The second kappa shape index (κ2) is 7.53. The number of nitrogens with one attached hydrogen (secondary N) is 1. The highest BCUT2D eigenvalue weighted by molar-refractivity contribution is 6.04. The predicted molar refractivity (Wildman–Crippen MR) is 96.6 cm³/mol. The van der Waals surface area contributed by atoms with Gasteiger partial charge in [-0.2, -0.15) is 8.78 Å². The number of anilines is 1. The standard InChI is InChI=1S/C19H18F2N4O2/c1-11-7-9-14(10-8-11)25-13(3)17(23-24-25)18(26)22-15-5-4-6-16(12(15)2)27-19(20)21/h4-10,19H,1-3H3,(H,22,26). The van der Waals surface area contributed by atoms with Crippen molar-refractivity contribution in [2.24, 2.45) is 0 Å². The van der Waals surface area contributed by atoms with Crippen molar-refractivity contribution in [1.82, 2.24) is 15.0 Å². The summed E-state index contributed by atoms with van der Waals surface area (Å²) in [6.07, 6.45) is 0. The summed E-state index contributed by atoms with van der Waals surface area (Å²) in [6.45, 7) is 2.36. The summed E-state index contributed by atoms with van der Waals surface area (Å²) in [4.78, 5) is 12.6. The summed E-state index contributed by atoms with van der Waals surface area (Å²) < 4.78 is 31.0. The van der Waals surface area contributed by atoms with E-state index in [-0.39, 0.29) is 11.4 Å². The zero-order valence-electron chi connectivity index (χ0n) is 15.0. The maximum Gasteiger partial charge on any atom is 0.387 e. The van der Waals surface area contributed by atoms with Crippen LogP contribution < -0.4 is 10.1 Å². The van der Waals surface area contributed by atoms with Gasteiger partial charge >= 0.3 is 6.61 Å². The number of nitrogens with zero attached hydrogens (tertiary/aromatic N) is 3. The minimum absolute atomic E-state index is 0.00262. The van der Waals surface area contributed by atoms with Gasteiger partial charge in [-0.25, -0.2) is 4.68 Å². The summed E-state index contributed by atoms with van der Waals surface area (Å²) in [7, 11) is 0. The van der Waals surface area contributed by atoms with E-state index >= 15 is 0 Å². The fraction of sp³-hybridized carbons (Fsp3) is 0.211. The van der Waals surface area contributed by atoms with E-state index < -0.39 is 12.5 Å². The van der Waals surface area contributed by atoms with Crippen molar-refractivity contribution in [3.8, 4) is 11.4 Å². The van der Waals surface area contributed by atoms with Gasteiger partial charge in [-0.05, 0) is 45.0 Å². The van der Waals surface area contributed by atoms with E-state index in [2.05, 4.69) is 20.4 Å².